The Morgan fingerprint density at radius 1 is 1.43 bits per heavy atom. The molecule has 1 amide bonds. The molecule has 0 saturated carbocycles. The molecule has 1 N–H and O–H groups in total. The van der Waals surface area contributed by atoms with Crippen LogP contribution in [0.2, 0.25) is 0 Å². The van der Waals surface area contributed by atoms with Gasteiger partial charge < -0.3 is 5.32 Å². The largest absolute Gasteiger partial charge is 0.348 e. The van der Waals surface area contributed by atoms with E-state index in [1.165, 1.54) is 4.31 Å². The van der Waals surface area contributed by atoms with Crippen LogP contribution >= 0.6 is 15.9 Å². The van der Waals surface area contributed by atoms with Crippen LogP contribution in [0.1, 0.15) is 30.3 Å². The Morgan fingerprint density at radius 3 is 2.67 bits per heavy atom. The molecule has 0 aromatic carbocycles. The highest BCUT2D eigenvalue weighted by Crippen LogP contribution is 2.15. The molecule has 0 atom stereocenters. The topological polar surface area (TPSA) is 79.4 Å². The third kappa shape index (κ3) is 4.24. The zero-order valence-corrected chi connectivity index (χ0v) is 14.2. The molecule has 116 valence electrons. The zero-order chi connectivity index (χ0) is 15.5. The van der Waals surface area contributed by atoms with Crippen LogP contribution in [-0.4, -0.2) is 48.5 Å². The third-order valence-corrected chi connectivity index (χ3v) is 5.82. The van der Waals surface area contributed by atoms with Crippen molar-refractivity contribution < 1.29 is 13.2 Å². The zero-order valence-electron chi connectivity index (χ0n) is 11.8. The second-order valence-corrected chi connectivity index (χ2v) is 7.96. The average Bonchev–Trinajstić information content (AvgIpc) is 2.48. The van der Waals surface area contributed by atoms with Gasteiger partial charge in [-0.15, -0.1) is 0 Å². The number of hydrogen-bond donors (Lipinski definition) is 1. The van der Waals surface area contributed by atoms with Gasteiger partial charge in [-0.25, -0.2) is 17.7 Å². The van der Waals surface area contributed by atoms with Crippen molar-refractivity contribution in [3.63, 3.8) is 0 Å². The maximum Gasteiger partial charge on any atom is 0.270 e. The second-order valence-electron chi connectivity index (χ2n) is 4.89. The van der Waals surface area contributed by atoms with Gasteiger partial charge in [0.25, 0.3) is 5.91 Å². The van der Waals surface area contributed by atoms with E-state index in [9.17, 15) is 13.2 Å². The molecule has 1 aliphatic heterocycles. The normalized spacial score (nSPS) is 17.6. The van der Waals surface area contributed by atoms with Gasteiger partial charge in [-0.05, 0) is 47.8 Å². The molecule has 0 spiro atoms. The lowest BCUT2D eigenvalue weighted by molar-refractivity contribution is 0.0918. The van der Waals surface area contributed by atoms with E-state index in [1.807, 2.05) is 0 Å². The summed E-state index contributed by atoms with van der Waals surface area (Å²) in [6.45, 7) is 2.54. The number of carbonyl (C=O) groups is 1. The van der Waals surface area contributed by atoms with Gasteiger partial charge in [0.1, 0.15) is 10.3 Å². The summed E-state index contributed by atoms with van der Waals surface area (Å²) in [5.74, 6) is -0.112. The molecule has 21 heavy (non-hydrogen) atoms. The SMILES string of the molecule is CCS(=O)(=O)N1CCC(NC(=O)c2cccc(Br)n2)CC1. The molecular weight excluding hydrogens is 358 g/mol. The van der Waals surface area contributed by atoms with Crippen molar-refractivity contribution in [3.8, 4) is 0 Å². The van der Waals surface area contributed by atoms with Crippen LogP contribution in [-0.2, 0) is 10.0 Å². The minimum atomic E-state index is -3.13. The summed E-state index contributed by atoms with van der Waals surface area (Å²) >= 11 is 3.23. The van der Waals surface area contributed by atoms with Crippen molar-refractivity contribution in [1.29, 1.82) is 0 Å². The minimum absolute atomic E-state index is 0.0124. The van der Waals surface area contributed by atoms with E-state index in [-0.39, 0.29) is 17.7 Å². The van der Waals surface area contributed by atoms with Gasteiger partial charge in [0, 0.05) is 19.1 Å². The molecule has 8 heteroatoms. The molecule has 2 heterocycles. The van der Waals surface area contributed by atoms with Gasteiger partial charge >= 0.3 is 0 Å². The number of pyridine rings is 1. The lowest BCUT2D eigenvalue weighted by Gasteiger charge is -2.31. The van der Waals surface area contributed by atoms with E-state index >= 15 is 0 Å². The van der Waals surface area contributed by atoms with E-state index in [1.54, 1.807) is 25.1 Å². The fourth-order valence-corrected chi connectivity index (χ4v) is 3.73. The summed E-state index contributed by atoms with van der Waals surface area (Å²) < 4.78 is 25.6. The number of carbonyl (C=O) groups excluding carboxylic acids is 1. The van der Waals surface area contributed by atoms with Gasteiger partial charge in [0.2, 0.25) is 10.0 Å². The molecule has 2 rings (SSSR count). The standard InChI is InChI=1S/C13H18BrN3O3S/c1-2-21(19,20)17-8-6-10(7-9-17)15-13(18)11-4-3-5-12(14)16-11/h3-5,10H,2,6-9H2,1H3,(H,15,18). The highest BCUT2D eigenvalue weighted by atomic mass is 79.9. The monoisotopic (exact) mass is 375 g/mol. The summed E-state index contributed by atoms with van der Waals surface area (Å²) in [4.78, 5) is 16.2. The van der Waals surface area contributed by atoms with Crippen LogP contribution in [0.15, 0.2) is 22.8 Å². The average molecular weight is 376 g/mol. The lowest BCUT2D eigenvalue weighted by Crippen LogP contribution is -2.47. The summed E-state index contributed by atoms with van der Waals surface area (Å²) in [6, 6.07) is 5.14. The maximum atomic E-state index is 12.1. The third-order valence-electron chi connectivity index (χ3n) is 3.50. The Hall–Kier alpha value is -0.990. The molecule has 0 bridgehead atoms. The number of rotatable bonds is 4. The Kier molecular flexibility index (Phi) is 5.34. The minimum Gasteiger partial charge on any atom is -0.348 e. The van der Waals surface area contributed by atoms with Gasteiger partial charge in [0.05, 0.1) is 5.75 Å². The number of amides is 1. The number of nitrogens with zero attached hydrogens (tertiary/aromatic N) is 2. The molecular formula is C13H18BrN3O3S. The van der Waals surface area contributed by atoms with Gasteiger partial charge in [-0.2, -0.15) is 0 Å². The molecule has 0 radical (unpaired) electrons. The molecule has 1 aromatic heterocycles. The number of aromatic nitrogens is 1. The Bertz CT molecular complexity index is 613. The van der Waals surface area contributed by atoms with Crippen molar-refractivity contribution in [2.75, 3.05) is 18.8 Å². The van der Waals surface area contributed by atoms with Crippen molar-refractivity contribution in [2.24, 2.45) is 0 Å². The molecule has 1 fully saturated rings. The fourth-order valence-electron chi connectivity index (χ4n) is 2.25. The second kappa shape index (κ2) is 6.85. The predicted octanol–water partition coefficient (Wildman–Crippen LogP) is 1.39. The molecule has 1 aromatic rings. The number of sulfonamides is 1. The van der Waals surface area contributed by atoms with Gasteiger partial charge in [-0.1, -0.05) is 6.07 Å². The molecule has 0 aliphatic carbocycles. The van der Waals surface area contributed by atoms with E-state index in [2.05, 4.69) is 26.2 Å². The Balaban J connectivity index is 1.91. The first-order chi connectivity index (χ1) is 9.92. The quantitative estimate of drug-likeness (QED) is 0.806. The van der Waals surface area contributed by atoms with E-state index in [0.29, 0.717) is 36.2 Å². The van der Waals surface area contributed by atoms with Crippen molar-refractivity contribution in [3.05, 3.63) is 28.5 Å². The number of piperidine rings is 1. The van der Waals surface area contributed by atoms with Crippen LogP contribution < -0.4 is 5.32 Å². The fraction of sp³-hybridized carbons (Fsp3) is 0.538. The summed E-state index contributed by atoms with van der Waals surface area (Å²) in [5, 5.41) is 2.91. The van der Waals surface area contributed by atoms with Crippen molar-refractivity contribution in [1.82, 2.24) is 14.6 Å². The highest BCUT2D eigenvalue weighted by molar-refractivity contribution is 9.10. The maximum absolute atomic E-state index is 12.1. The van der Waals surface area contributed by atoms with Crippen LogP contribution in [0.4, 0.5) is 0 Å². The van der Waals surface area contributed by atoms with Crippen molar-refractivity contribution >= 4 is 31.9 Å². The van der Waals surface area contributed by atoms with Crippen LogP contribution in [0.3, 0.4) is 0 Å². The van der Waals surface area contributed by atoms with Crippen LogP contribution in [0.5, 0.6) is 0 Å². The first-order valence-corrected chi connectivity index (χ1v) is 9.24. The summed E-state index contributed by atoms with van der Waals surface area (Å²) in [7, 11) is -3.13. The van der Waals surface area contributed by atoms with Crippen LogP contribution in [0.25, 0.3) is 0 Å². The molecule has 1 saturated heterocycles. The summed E-state index contributed by atoms with van der Waals surface area (Å²) in [5.41, 5.74) is 0.355. The number of halogens is 1. The molecule has 1 aliphatic rings. The van der Waals surface area contributed by atoms with Crippen LogP contribution in [0, 0.1) is 0 Å². The first kappa shape index (κ1) is 16.4. The predicted molar refractivity (Wildman–Crippen MR) is 83.5 cm³/mol. The highest BCUT2D eigenvalue weighted by Gasteiger charge is 2.27. The Labute approximate surface area is 133 Å². The number of hydrogen-bond acceptors (Lipinski definition) is 4. The van der Waals surface area contributed by atoms with E-state index in [4.69, 9.17) is 0 Å². The lowest BCUT2D eigenvalue weighted by atomic mass is 10.1. The van der Waals surface area contributed by atoms with Crippen molar-refractivity contribution in [2.45, 2.75) is 25.8 Å². The first-order valence-electron chi connectivity index (χ1n) is 6.83. The molecule has 6 nitrogen and oxygen atoms in total. The van der Waals surface area contributed by atoms with E-state index in [0.717, 1.165) is 0 Å². The van der Waals surface area contributed by atoms with Gasteiger partial charge in [-0.3, -0.25) is 4.79 Å². The van der Waals surface area contributed by atoms with Gasteiger partial charge in [0.15, 0.2) is 0 Å². The van der Waals surface area contributed by atoms with E-state index < -0.39 is 10.0 Å². The molecule has 0 unspecified atom stereocenters. The number of nitrogens with one attached hydrogen (secondary N) is 1. The Morgan fingerprint density at radius 2 is 2.10 bits per heavy atom. The summed E-state index contributed by atoms with van der Waals surface area (Å²) in [6.07, 6.45) is 1.25. The smallest absolute Gasteiger partial charge is 0.270 e.